The first-order chi connectivity index (χ1) is 10.7. The standard InChI is InChI=1S/C17H18FNO3/c1-11(12-6-7-15(20-2)14(18)8-12)19-9-13-4-3-5-16-17(13)22-10-21-16/h3-8,11,19H,9-10H2,1-2H3/t11-/m0/s1. The van der Waals surface area contributed by atoms with E-state index < -0.39 is 0 Å². The molecule has 0 saturated carbocycles. The number of ether oxygens (including phenoxy) is 3. The third-order valence-corrected chi connectivity index (χ3v) is 3.75. The molecule has 1 aliphatic heterocycles. The summed E-state index contributed by atoms with van der Waals surface area (Å²) in [4.78, 5) is 0. The molecule has 0 spiro atoms. The zero-order valence-corrected chi connectivity index (χ0v) is 12.6. The van der Waals surface area contributed by atoms with Crippen LogP contribution in [0.5, 0.6) is 17.2 Å². The quantitative estimate of drug-likeness (QED) is 0.919. The lowest BCUT2D eigenvalue weighted by Crippen LogP contribution is -2.18. The minimum absolute atomic E-state index is 0.00131. The van der Waals surface area contributed by atoms with Gasteiger partial charge in [-0.25, -0.2) is 4.39 Å². The van der Waals surface area contributed by atoms with Crippen molar-refractivity contribution in [1.29, 1.82) is 0 Å². The van der Waals surface area contributed by atoms with E-state index in [0.29, 0.717) is 6.54 Å². The third kappa shape index (κ3) is 2.85. The molecule has 5 heteroatoms. The summed E-state index contributed by atoms with van der Waals surface area (Å²) in [5.74, 6) is 1.44. The fourth-order valence-corrected chi connectivity index (χ4v) is 2.46. The Morgan fingerprint density at radius 1 is 1.27 bits per heavy atom. The molecule has 1 atom stereocenters. The van der Waals surface area contributed by atoms with E-state index in [4.69, 9.17) is 14.2 Å². The molecule has 2 aromatic rings. The number of hydrogen-bond donors (Lipinski definition) is 1. The number of benzene rings is 2. The predicted molar refractivity (Wildman–Crippen MR) is 80.8 cm³/mol. The summed E-state index contributed by atoms with van der Waals surface area (Å²) in [6.07, 6.45) is 0. The lowest BCUT2D eigenvalue weighted by atomic mass is 10.1. The first-order valence-corrected chi connectivity index (χ1v) is 7.13. The van der Waals surface area contributed by atoms with Gasteiger partial charge in [0.05, 0.1) is 7.11 Å². The predicted octanol–water partition coefficient (Wildman–Crippen LogP) is 3.41. The van der Waals surface area contributed by atoms with Crippen molar-refractivity contribution in [2.24, 2.45) is 0 Å². The second kappa shape index (κ2) is 6.23. The molecule has 0 fully saturated rings. The average Bonchev–Trinajstić information content (AvgIpc) is 3.01. The molecular weight excluding hydrogens is 285 g/mol. The zero-order valence-electron chi connectivity index (χ0n) is 12.6. The zero-order chi connectivity index (χ0) is 15.5. The summed E-state index contributed by atoms with van der Waals surface area (Å²) in [5, 5.41) is 3.37. The highest BCUT2D eigenvalue weighted by Gasteiger charge is 2.17. The molecule has 4 nitrogen and oxygen atoms in total. The maximum Gasteiger partial charge on any atom is 0.231 e. The van der Waals surface area contributed by atoms with Crippen LogP contribution in [0.1, 0.15) is 24.1 Å². The van der Waals surface area contributed by atoms with Crippen molar-refractivity contribution in [2.45, 2.75) is 19.5 Å². The number of rotatable bonds is 5. The smallest absolute Gasteiger partial charge is 0.231 e. The Morgan fingerprint density at radius 2 is 2.14 bits per heavy atom. The Labute approximate surface area is 128 Å². The van der Waals surface area contributed by atoms with Crippen LogP contribution in [0.15, 0.2) is 36.4 Å². The molecule has 0 saturated heterocycles. The van der Waals surface area contributed by atoms with E-state index in [0.717, 1.165) is 22.6 Å². The van der Waals surface area contributed by atoms with E-state index in [-0.39, 0.29) is 24.4 Å². The van der Waals surface area contributed by atoms with Crippen LogP contribution in [0.2, 0.25) is 0 Å². The molecule has 0 unspecified atom stereocenters. The lowest BCUT2D eigenvalue weighted by Gasteiger charge is -2.16. The topological polar surface area (TPSA) is 39.7 Å². The van der Waals surface area contributed by atoms with Crippen LogP contribution in [0.4, 0.5) is 4.39 Å². The van der Waals surface area contributed by atoms with E-state index in [1.165, 1.54) is 13.2 Å². The van der Waals surface area contributed by atoms with Gasteiger partial charge in [-0.15, -0.1) is 0 Å². The van der Waals surface area contributed by atoms with Gasteiger partial charge in [0.25, 0.3) is 0 Å². The van der Waals surface area contributed by atoms with Crippen molar-refractivity contribution in [3.8, 4) is 17.2 Å². The molecule has 3 rings (SSSR count). The molecule has 1 heterocycles. The summed E-state index contributed by atoms with van der Waals surface area (Å²) in [6.45, 7) is 2.86. The molecule has 22 heavy (non-hydrogen) atoms. The van der Waals surface area contributed by atoms with Crippen molar-refractivity contribution in [3.63, 3.8) is 0 Å². The summed E-state index contributed by atoms with van der Waals surface area (Å²) >= 11 is 0. The molecule has 0 aromatic heterocycles. The molecule has 0 amide bonds. The Morgan fingerprint density at radius 3 is 2.91 bits per heavy atom. The van der Waals surface area contributed by atoms with Crippen LogP contribution < -0.4 is 19.5 Å². The molecule has 1 N–H and O–H groups in total. The Balaban J connectivity index is 1.69. The van der Waals surface area contributed by atoms with E-state index in [1.807, 2.05) is 31.2 Å². The third-order valence-electron chi connectivity index (χ3n) is 3.75. The number of nitrogens with one attached hydrogen (secondary N) is 1. The van der Waals surface area contributed by atoms with Crippen LogP contribution in [0.25, 0.3) is 0 Å². The van der Waals surface area contributed by atoms with Crippen molar-refractivity contribution >= 4 is 0 Å². The van der Waals surface area contributed by atoms with Gasteiger partial charge >= 0.3 is 0 Å². The van der Waals surface area contributed by atoms with Gasteiger partial charge in [-0.1, -0.05) is 18.2 Å². The van der Waals surface area contributed by atoms with Crippen molar-refractivity contribution in [1.82, 2.24) is 5.32 Å². The highest BCUT2D eigenvalue weighted by molar-refractivity contribution is 5.48. The second-order valence-corrected chi connectivity index (χ2v) is 5.15. The van der Waals surface area contributed by atoms with Gasteiger partial charge in [0.1, 0.15) is 0 Å². The number of para-hydroxylation sites is 1. The molecular formula is C17H18FNO3. The molecule has 2 aromatic carbocycles. The van der Waals surface area contributed by atoms with Crippen molar-refractivity contribution in [3.05, 3.63) is 53.3 Å². The largest absolute Gasteiger partial charge is 0.494 e. The second-order valence-electron chi connectivity index (χ2n) is 5.15. The van der Waals surface area contributed by atoms with Gasteiger partial charge in [0.2, 0.25) is 6.79 Å². The number of methoxy groups -OCH3 is 1. The monoisotopic (exact) mass is 303 g/mol. The normalized spacial score (nSPS) is 14.0. The van der Waals surface area contributed by atoms with Gasteiger partial charge in [0, 0.05) is 18.2 Å². The minimum Gasteiger partial charge on any atom is -0.494 e. The van der Waals surface area contributed by atoms with Crippen molar-refractivity contribution in [2.75, 3.05) is 13.9 Å². The average molecular weight is 303 g/mol. The molecule has 1 aliphatic rings. The van der Waals surface area contributed by atoms with E-state index in [1.54, 1.807) is 6.07 Å². The first kappa shape index (κ1) is 14.7. The number of hydrogen-bond acceptors (Lipinski definition) is 4. The summed E-state index contributed by atoms with van der Waals surface area (Å²) < 4.78 is 29.5. The molecule has 116 valence electrons. The first-order valence-electron chi connectivity index (χ1n) is 7.13. The van der Waals surface area contributed by atoms with E-state index in [2.05, 4.69) is 5.32 Å². The Bertz CT molecular complexity index is 675. The van der Waals surface area contributed by atoms with Gasteiger partial charge in [0.15, 0.2) is 23.1 Å². The van der Waals surface area contributed by atoms with Gasteiger partial charge < -0.3 is 19.5 Å². The highest BCUT2D eigenvalue weighted by Crippen LogP contribution is 2.35. The number of halogens is 1. The SMILES string of the molecule is COc1ccc([C@H](C)NCc2cccc3c2OCO3)cc1F. The van der Waals surface area contributed by atoms with Crippen LogP contribution in [-0.2, 0) is 6.54 Å². The van der Waals surface area contributed by atoms with Crippen LogP contribution in [-0.4, -0.2) is 13.9 Å². The fourth-order valence-electron chi connectivity index (χ4n) is 2.46. The maximum atomic E-state index is 13.8. The van der Waals surface area contributed by atoms with Crippen LogP contribution >= 0.6 is 0 Å². The lowest BCUT2D eigenvalue weighted by molar-refractivity contribution is 0.173. The van der Waals surface area contributed by atoms with Gasteiger partial charge in [-0.05, 0) is 30.7 Å². The molecule has 0 radical (unpaired) electrons. The molecule has 0 aliphatic carbocycles. The van der Waals surface area contributed by atoms with Crippen LogP contribution in [0, 0.1) is 5.82 Å². The van der Waals surface area contributed by atoms with E-state index in [9.17, 15) is 4.39 Å². The Hall–Kier alpha value is -2.27. The summed E-state index contributed by atoms with van der Waals surface area (Å²) in [7, 11) is 1.46. The van der Waals surface area contributed by atoms with Gasteiger partial charge in [-0.2, -0.15) is 0 Å². The Kier molecular flexibility index (Phi) is 4.15. The fraction of sp³-hybridized carbons (Fsp3) is 0.294. The maximum absolute atomic E-state index is 13.8. The minimum atomic E-state index is -0.356. The summed E-state index contributed by atoms with van der Waals surface area (Å²) in [6, 6.07) is 10.8. The molecule has 0 bridgehead atoms. The van der Waals surface area contributed by atoms with Crippen molar-refractivity contribution < 1.29 is 18.6 Å². The number of fused-ring (bicyclic) bond motifs is 1. The van der Waals surface area contributed by atoms with Crippen LogP contribution in [0.3, 0.4) is 0 Å². The van der Waals surface area contributed by atoms with E-state index >= 15 is 0 Å². The summed E-state index contributed by atoms with van der Waals surface area (Å²) in [5.41, 5.74) is 1.89. The highest BCUT2D eigenvalue weighted by atomic mass is 19.1. The van der Waals surface area contributed by atoms with Gasteiger partial charge in [-0.3, -0.25) is 0 Å².